The van der Waals surface area contributed by atoms with Crippen LogP contribution >= 0.6 is 11.3 Å². The van der Waals surface area contributed by atoms with Crippen molar-refractivity contribution in [1.29, 1.82) is 0 Å². The molecule has 0 fully saturated rings. The monoisotopic (exact) mass is 703 g/mol. The fourth-order valence-electron chi connectivity index (χ4n) is 8.52. The van der Waals surface area contributed by atoms with Crippen LogP contribution in [0.1, 0.15) is 0 Å². The van der Waals surface area contributed by atoms with Gasteiger partial charge in [0.2, 0.25) is 0 Å². The molecule has 11 rings (SSSR count). The van der Waals surface area contributed by atoms with Crippen molar-refractivity contribution in [2.24, 2.45) is 0 Å². The number of anilines is 3. The van der Waals surface area contributed by atoms with Gasteiger partial charge in [0, 0.05) is 26.8 Å². The minimum Gasteiger partial charge on any atom is -0.309 e. The van der Waals surface area contributed by atoms with Crippen molar-refractivity contribution in [2.75, 3.05) is 4.90 Å². The van der Waals surface area contributed by atoms with Gasteiger partial charge in [-0.3, -0.25) is 0 Å². The quantitative estimate of drug-likeness (QED) is 0.161. The van der Waals surface area contributed by atoms with E-state index in [2.05, 4.69) is 205 Å². The van der Waals surface area contributed by atoms with E-state index in [4.69, 9.17) is 0 Å². The number of hydrogen-bond donors (Lipinski definition) is 0. The maximum atomic E-state index is 2.45. The largest absolute Gasteiger partial charge is 0.309 e. The van der Waals surface area contributed by atoms with Gasteiger partial charge in [0.05, 0.1) is 10.4 Å². The molecular formula is C52H33NS. The van der Waals surface area contributed by atoms with E-state index < -0.39 is 0 Å². The summed E-state index contributed by atoms with van der Waals surface area (Å²) in [6.07, 6.45) is 0. The minimum absolute atomic E-state index is 1.12. The molecular weight excluding hydrogens is 671 g/mol. The van der Waals surface area contributed by atoms with Crippen LogP contribution in [0.25, 0.3) is 85.5 Å². The third-order valence-electron chi connectivity index (χ3n) is 11.0. The molecule has 0 saturated heterocycles. The number of rotatable bonds is 5. The van der Waals surface area contributed by atoms with Crippen molar-refractivity contribution < 1.29 is 0 Å². The second kappa shape index (κ2) is 12.4. The summed E-state index contributed by atoms with van der Waals surface area (Å²) in [7, 11) is 0. The summed E-state index contributed by atoms with van der Waals surface area (Å²) in [4.78, 5) is 2.45. The van der Waals surface area contributed by atoms with Gasteiger partial charge in [0.15, 0.2) is 0 Å². The van der Waals surface area contributed by atoms with Crippen molar-refractivity contribution >= 4 is 91.7 Å². The summed E-state index contributed by atoms with van der Waals surface area (Å²) < 4.78 is 2.58. The molecule has 1 aromatic heterocycles. The van der Waals surface area contributed by atoms with E-state index in [0.717, 1.165) is 11.4 Å². The lowest BCUT2D eigenvalue weighted by atomic mass is 9.93. The smallest absolute Gasteiger partial charge is 0.0640 e. The molecule has 0 spiro atoms. The highest BCUT2D eigenvalue weighted by Gasteiger charge is 2.20. The van der Waals surface area contributed by atoms with Crippen LogP contribution < -0.4 is 4.90 Å². The maximum Gasteiger partial charge on any atom is 0.0640 e. The Hall–Kier alpha value is -6.74. The fraction of sp³-hybridized carbons (Fsp3) is 0. The SMILES string of the molecule is c1cc(-c2cc3ccccc3c3ccccc23)cc(N(c2ccc(-c3cc4ccccc4c4ccccc34)cc2)c2cccc3c2sc2ccccc23)c1. The highest BCUT2D eigenvalue weighted by atomic mass is 32.1. The average Bonchev–Trinajstić information content (AvgIpc) is 3.63. The Morgan fingerprint density at radius 2 is 0.833 bits per heavy atom. The molecule has 0 N–H and O–H groups in total. The van der Waals surface area contributed by atoms with Gasteiger partial charge in [-0.1, -0.05) is 152 Å². The summed E-state index contributed by atoms with van der Waals surface area (Å²) in [5.74, 6) is 0. The van der Waals surface area contributed by atoms with E-state index in [-0.39, 0.29) is 0 Å². The molecule has 252 valence electrons. The Morgan fingerprint density at radius 3 is 1.50 bits per heavy atom. The van der Waals surface area contributed by atoms with Crippen molar-refractivity contribution in [3.63, 3.8) is 0 Å². The zero-order chi connectivity index (χ0) is 35.6. The van der Waals surface area contributed by atoms with Crippen molar-refractivity contribution in [1.82, 2.24) is 0 Å². The van der Waals surface area contributed by atoms with E-state index in [0.29, 0.717) is 0 Å². The molecule has 10 aromatic carbocycles. The van der Waals surface area contributed by atoms with Gasteiger partial charge in [-0.25, -0.2) is 0 Å². The maximum absolute atomic E-state index is 2.45. The summed E-state index contributed by atoms with van der Waals surface area (Å²) in [5, 5.41) is 12.8. The third-order valence-corrected chi connectivity index (χ3v) is 12.2. The van der Waals surface area contributed by atoms with E-state index in [1.807, 2.05) is 11.3 Å². The van der Waals surface area contributed by atoms with Crippen LogP contribution in [0.5, 0.6) is 0 Å². The second-order valence-electron chi connectivity index (χ2n) is 14.1. The number of hydrogen-bond acceptors (Lipinski definition) is 2. The van der Waals surface area contributed by atoms with Gasteiger partial charge in [0.25, 0.3) is 0 Å². The first-order valence-electron chi connectivity index (χ1n) is 18.5. The van der Waals surface area contributed by atoms with Crippen LogP contribution in [0.3, 0.4) is 0 Å². The lowest BCUT2D eigenvalue weighted by molar-refractivity contribution is 1.30. The average molecular weight is 704 g/mol. The van der Waals surface area contributed by atoms with Gasteiger partial charge < -0.3 is 4.90 Å². The first kappa shape index (κ1) is 30.8. The highest BCUT2D eigenvalue weighted by Crippen LogP contribution is 2.46. The second-order valence-corrected chi connectivity index (χ2v) is 15.1. The van der Waals surface area contributed by atoms with Crippen LogP contribution in [0.15, 0.2) is 200 Å². The zero-order valence-electron chi connectivity index (χ0n) is 29.4. The van der Waals surface area contributed by atoms with Gasteiger partial charge in [-0.2, -0.15) is 0 Å². The Morgan fingerprint density at radius 1 is 0.315 bits per heavy atom. The molecule has 11 aromatic rings. The Balaban J connectivity index is 1.12. The number of thiophene rings is 1. The summed E-state index contributed by atoms with van der Waals surface area (Å²) in [6, 6.07) is 73.5. The first-order valence-corrected chi connectivity index (χ1v) is 19.3. The van der Waals surface area contributed by atoms with E-state index in [1.54, 1.807) is 0 Å². The van der Waals surface area contributed by atoms with Gasteiger partial charge in [-0.05, 0) is 114 Å². The predicted octanol–water partition coefficient (Wildman–Crippen LogP) is 15.5. The van der Waals surface area contributed by atoms with E-state index in [9.17, 15) is 0 Å². The van der Waals surface area contributed by atoms with Crippen molar-refractivity contribution in [2.45, 2.75) is 0 Å². The third kappa shape index (κ3) is 4.92. The van der Waals surface area contributed by atoms with Crippen LogP contribution in [0.2, 0.25) is 0 Å². The highest BCUT2D eigenvalue weighted by molar-refractivity contribution is 7.26. The van der Waals surface area contributed by atoms with Gasteiger partial charge in [0.1, 0.15) is 0 Å². The molecule has 1 nitrogen and oxygen atoms in total. The first-order chi connectivity index (χ1) is 26.8. The Kier molecular flexibility index (Phi) is 7.11. The topological polar surface area (TPSA) is 3.24 Å². The molecule has 0 amide bonds. The summed E-state index contributed by atoms with van der Waals surface area (Å²) in [6.45, 7) is 0. The Labute approximate surface area is 317 Å². The lowest BCUT2D eigenvalue weighted by Crippen LogP contribution is -2.10. The molecule has 2 heteroatoms. The standard InChI is InChI=1S/C52H33NS/c1-3-17-40-36(13-1)32-48(44-21-7-5-19-42(40)44)34-27-29-38(30-28-34)53(50-25-12-24-47-46-23-9-10-26-51(46)54-52(47)50)39-16-11-15-35(31-39)49-33-37-14-2-4-18-41(37)43-20-6-8-22-45(43)49/h1-33H. The number of nitrogens with zero attached hydrogens (tertiary/aromatic N) is 1. The van der Waals surface area contributed by atoms with Gasteiger partial charge in [-0.15, -0.1) is 11.3 Å². The molecule has 0 unspecified atom stereocenters. The Bertz CT molecular complexity index is 3230. The molecule has 0 saturated carbocycles. The predicted molar refractivity (Wildman–Crippen MR) is 235 cm³/mol. The summed E-state index contributed by atoms with van der Waals surface area (Å²) in [5.41, 5.74) is 8.31. The van der Waals surface area contributed by atoms with Crippen LogP contribution in [0, 0.1) is 0 Å². The van der Waals surface area contributed by atoms with Crippen LogP contribution in [-0.2, 0) is 0 Å². The minimum atomic E-state index is 1.12. The number of benzene rings is 10. The van der Waals surface area contributed by atoms with E-state index in [1.165, 1.54) is 91.2 Å². The molecule has 54 heavy (non-hydrogen) atoms. The number of fused-ring (bicyclic) bond motifs is 9. The molecule has 0 atom stereocenters. The normalized spacial score (nSPS) is 11.7. The molecule has 0 aliphatic carbocycles. The summed E-state index contributed by atoms with van der Waals surface area (Å²) >= 11 is 1.87. The lowest BCUT2D eigenvalue weighted by Gasteiger charge is -2.27. The molecule has 0 bridgehead atoms. The van der Waals surface area contributed by atoms with Gasteiger partial charge >= 0.3 is 0 Å². The molecule has 1 heterocycles. The molecule has 0 aliphatic heterocycles. The van der Waals surface area contributed by atoms with Crippen molar-refractivity contribution in [3.8, 4) is 22.3 Å². The van der Waals surface area contributed by atoms with Crippen LogP contribution in [0.4, 0.5) is 17.1 Å². The zero-order valence-corrected chi connectivity index (χ0v) is 30.2. The molecule has 0 aliphatic rings. The molecule has 0 radical (unpaired) electrons. The fourth-order valence-corrected chi connectivity index (χ4v) is 9.73. The van der Waals surface area contributed by atoms with Crippen LogP contribution in [-0.4, -0.2) is 0 Å². The van der Waals surface area contributed by atoms with E-state index >= 15 is 0 Å². The van der Waals surface area contributed by atoms with Crippen molar-refractivity contribution in [3.05, 3.63) is 200 Å².